The van der Waals surface area contributed by atoms with E-state index in [1.807, 2.05) is 0 Å². The molecule has 2 aliphatic carbocycles. The van der Waals surface area contributed by atoms with E-state index in [1.54, 1.807) is 0 Å². The smallest absolute Gasteiger partial charge is 0.166 e. The molecule has 2 saturated carbocycles. The monoisotopic (exact) mass is 198 g/mol. The van der Waals surface area contributed by atoms with Crippen molar-refractivity contribution in [3.8, 4) is 0 Å². The zero-order chi connectivity index (χ0) is 9.10. The molecule has 0 aromatic rings. The van der Waals surface area contributed by atoms with E-state index in [4.69, 9.17) is 12.2 Å². The Morgan fingerprint density at radius 3 is 1.69 bits per heavy atom. The maximum Gasteiger partial charge on any atom is 0.166 e. The number of nitrogens with one attached hydrogen (secondary N) is 2. The van der Waals surface area contributed by atoms with Crippen LogP contribution < -0.4 is 10.6 Å². The standard InChI is InChI=1S/C10H18N2S/c13-10(12-9-6-3-7-9)11-8-4-1-2-5-8/h8-9H,1-7H2,(H2,11,12,13). The average molecular weight is 198 g/mol. The first-order valence-electron chi connectivity index (χ1n) is 5.41. The fourth-order valence-electron chi connectivity index (χ4n) is 2.04. The molecule has 2 rings (SSSR count). The third-order valence-corrected chi connectivity index (χ3v) is 3.37. The van der Waals surface area contributed by atoms with Crippen molar-refractivity contribution in [1.82, 2.24) is 10.6 Å². The summed E-state index contributed by atoms with van der Waals surface area (Å²) in [5, 5.41) is 7.65. The third kappa shape index (κ3) is 2.56. The molecule has 0 saturated heterocycles. The van der Waals surface area contributed by atoms with Crippen molar-refractivity contribution in [1.29, 1.82) is 0 Å². The molecule has 0 unspecified atom stereocenters. The predicted molar refractivity (Wildman–Crippen MR) is 58.8 cm³/mol. The van der Waals surface area contributed by atoms with Crippen molar-refractivity contribution < 1.29 is 0 Å². The summed E-state index contributed by atoms with van der Waals surface area (Å²) in [5.41, 5.74) is 0. The van der Waals surface area contributed by atoms with Gasteiger partial charge in [0.15, 0.2) is 5.11 Å². The van der Waals surface area contributed by atoms with E-state index in [0.717, 1.165) is 5.11 Å². The van der Waals surface area contributed by atoms with E-state index < -0.39 is 0 Å². The van der Waals surface area contributed by atoms with Gasteiger partial charge < -0.3 is 10.6 Å². The average Bonchev–Trinajstić information content (AvgIpc) is 2.49. The molecule has 0 radical (unpaired) electrons. The first-order chi connectivity index (χ1) is 6.34. The lowest BCUT2D eigenvalue weighted by Gasteiger charge is -2.28. The van der Waals surface area contributed by atoms with Gasteiger partial charge in [0.25, 0.3) is 0 Å². The third-order valence-electron chi connectivity index (χ3n) is 3.13. The van der Waals surface area contributed by atoms with Crippen molar-refractivity contribution in [2.24, 2.45) is 0 Å². The van der Waals surface area contributed by atoms with Crippen molar-refractivity contribution in [3.63, 3.8) is 0 Å². The Hall–Kier alpha value is -0.310. The van der Waals surface area contributed by atoms with Gasteiger partial charge in [-0.25, -0.2) is 0 Å². The van der Waals surface area contributed by atoms with Crippen LogP contribution in [0.2, 0.25) is 0 Å². The minimum absolute atomic E-state index is 0.653. The Morgan fingerprint density at radius 2 is 1.31 bits per heavy atom. The molecule has 0 heterocycles. The Bertz CT molecular complexity index is 183. The normalized spacial score (nSPS) is 24.0. The molecule has 3 heteroatoms. The maximum absolute atomic E-state index is 5.24. The van der Waals surface area contributed by atoms with Crippen LogP contribution >= 0.6 is 12.2 Å². The van der Waals surface area contributed by atoms with E-state index in [9.17, 15) is 0 Å². The summed E-state index contributed by atoms with van der Waals surface area (Å²) in [6.07, 6.45) is 9.29. The highest BCUT2D eigenvalue weighted by atomic mass is 32.1. The SMILES string of the molecule is S=C(NC1CCCC1)NC1CCC1. The molecule has 0 aromatic carbocycles. The molecule has 0 aromatic heterocycles. The van der Waals surface area contributed by atoms with Crippen LogP contribution in [-0.4, -0.2) is 17.2 Å². The molecule has 2 N–H and O–H groups in total. The summed E-state index contributed by atoms with van der Waals surface area (Å²) in [4.78, 5) is 0. The second-order valence-corrected chi connectivity index (χ2v) is 4.64. The molecular weight excluding hydrogens is 180 g/mol. The van der Waals surface area contributed by atoms with Crippen LogP contribution in [0.1, 0.15) is 44.9 Å². The molecule has 0 bridgehead atoms. The zero-order valence-electron chi connectivity index (χ0n) is 8.01. The molecule has 13 heavy (non-hydrogen) atoms. The molecular formula is C10H18N2S. The van der Waals surface area contributed by atoms with Gasteiger partial charge >= 0.3 is 0 Å². The molecule has 0 atom stereocenters. The van der Waals surface area contributed by atoms with E-state index in [1.165, 1.54) is 44.9 Å². The summed E-state index contributed by atoms with van der Waals surface area (Å²) in [7, 11) is 0. The highest BCUT2D eigenvalue weighted by Crippen LogP contribution is 2.19. The van der Waals surface area contributed by atoms with Gasteiger partial charge in [0, 0.05) is 12.1 Å². The second-order valence-electron chi connectivity index (χ2n) is 4.23. The quantitative estimate of drug-likeness (QED) is 0.663. The summed E-state index contributed by atoms with van der Waals surface area (Å²) >= 11 is 5.24. The lowest BCUT2D eigenvalue weighted by molar-refractivity contribution is 0.380. The molecule has 0 spiro atoms. The number of thiocarbonyl (C=S) groups is 1. The Kier molecular flexibility index (Phi) is 3.04. The fraction of sp³-hybridized carbons (Fsp3) is 0.900. The molecule has 74 valence electrons. The van der Waals surface area contributed by atoms with E-state index >= 15 is 0 Å². The second kappa shape index (κ2) is 4.27. The van der Waals surface area contributed by atoms with Crippen molar-refractivity contribution >= 4 is 17.3 Å². The molecule has 0 aliphatic heterocycles. The number of hydrogen-bond donors (Lipinski definition) is 2. The van der Waals surface area contributed by atoms with Crippen LogP contribution in [0.3, 0.4) is 0 Å². The maximum atomic E-state index is 5.24. The highest BCUT2D eigenvalue weighted by molar-refractivity contribution is 7.80. The molecule has 2 nitrogen and oxygen atoms in total. The minimum Gasteiger partial charge on any atom is -0.360 e. The van der Waals surface area contributed by atoms with Crippen molar-refractivity contribution in [2.75, 3.05) is 0 Å². The van der Waals surface area contributed by atoms with Crippen LogP contribution in [0, 0.1) is 0 Å². The first kappa shape index (κ1) is 9.25. The molecule has 0 amide bonds. The largest absolute Gasteiger partial charge is 0.360 e. The van der Waals surface area contributed by atoms with Crippen LogP contribution in [0.25, 0.3) is 0 Å². The summed E-state index contributed by atoms with van der Waals surface area (Å²) in [5.74, 6) is 0. The van der Waals surface area contributed by atoms with Crippen LogP contribution in [0.15, 0.2) is 0 Å². The molecule has 2 fully saturated rings. The first-order valence-corrected chi connectivity index (χ1v) is 5.82. The summed E-state index contributed by atoms with van der Waals surface area (Å²) < 4.78 is 0. The lowest BCUT2D eigenvalue weighted by atomic mass is 9.93. The van der Waals surface area contributed by atoms with Gasteiger partial charge in [-0.1, -0.05) is 12.8 Å². The predicted octanol–water partition coefficient (Wildman–Crippen LogP) is 1.95. The number of rotatable bonds is 2. The van der Waals surface area contributed by atoms with Crippen LogP contribution in [0.4, 0.5) is 0 Å². The Labute approximate surface area is 85.5 Å². The van der Waals surface area contributed by atoms with Gasteiger partial charge in [0.1, 0.15) is 0 Å². The minimum atomic E-state index is 0.653. The summed E-state index contributed by atoms with van der Waals surface area (Å²) in [6.45, 7) is 0. The van der Waals surface area contributed by atoms with Crippen molar-refractivity contribution in [2.45, 2.75) is 57.0 Å². The van der Waals surface area contributed by atoms with Gasteiger partial charge in [-0.05, 0) is 44.3 Å². The van der Waals surface area contributed by atoms with Gasteiger partial charge in [0.2, 0.25) is 0 Å². The van der Waals surface area contributed by atoms with Gasteiger partial charge in [-0.3, -0.25) is 0 Å². The fourth-order valence-corrected chi connectivity index (χ4v) is 2.37. The molecule has 2 aliphatic rings. The Morgan fingerprint density at radius 1 is 0.846 bits per heavy atom. The lowest BCUT2D eigenvalue weighted by Crippen LogP contribution is -2.47. The number of hydrogen-bond acceptors (Lipinski definition) is 1. The van der Waals surface area contributed by atoms with E-state index in [0.29, 0.717) is 12.1 Å². The van der Waals surface area contributed by atoms with Crippen LogP contribution in [0.5, 0.6) is 0 Å². The van der Waals surface area contributed by atoms with E-state index in [2.05, 4.69) is 10.6 Å². The zero-order valence-corrected chi connectivity index (χ0v) is 8.83. The van der Waals surface area contributed by atoms with Gasteiger partial charge in [-0.2, -0.15) is 0 Å². The highest BCUT2D eigenvalue weighted by Gasteiger charge is 2.20. The Balaban J connectivity index is 1.64. The van der Waals surface area contributed by atoms with Gasteiger partial charge in [-0.15, -0.1) is 0 Å². The van der Waals surface area contributed by atoms with E-state index in [-0.39, 0.29) is 0 Å². The van der Waals surface area contributed by atoms with Crippen LogP contribution in [-0.2, 0) is 0 Å². The van der Waals surface area contributed by atoms with Gasteiger partial charge in [0.05, 0.1) is 0 Å². The van der Waals surface area contributed by atoms with Crippen molar-refractivity contribution in [3.05, 3.63) is 0 Å². The topological polar surface area (TPSA) is 24.1 Å². The summed E-state index contributed by atoms with van der Waals surface area (Å²) in [6, 6.07) is 1.32.